The van der Waals surface area contributed by atoms with Crippen LogP contribution in [0, 0.1) is 0 Å². The van der Waals surface area contributed by atoms with Gasteiger partial charge < -0.3 is 9.84 Å². The van der Waals surface area contributed by atoms with E-state index in [1.165, 1.54) is 25.3 Å². The Bertz CT molecular complexity index is 929. The number of methoxy groups -OCH3 is 1. The predicted molar refractivity (Wildman–Crippen MR) is 103 cm³/mol. The Balaban J connectivity index is 1.91. The fourth-order valence-electron chi connectivity index (χ4n) is 2.43. The molecule has 0 atom stereocenters. The first-order valence-electron chi connectivity index (χ1n) is 7.46. The van der Waals surface area contributed by atoms with Crippen LogP contribution in [0.15, 0.2) is 41.3 Å². The fourth-order valence-corrected chi connectivity index (χ4v) is 3.68. The molecule has 1 aliphatic heterocycles. The van der Waals surface area contributed by atoms with Crippen LogP contribution in [0.2, 0.25) is 10.0 Å². The van der Waals surface area contributed by atoms with Crippen LogP contribution in [0.4, 0.5) is 4.79 Å². The molecule has 0 aliphatic carbocycles. The highest BCUT2D eigenvalue weighted by Crippen LogP contribution is 2.39. The van der Waals surface area contributed by atoms with Crippen molar-refractivity contribution < 1.29 is 19.4 Å². The van der Waals surface area contributed by atoms with Gasteiger partial charge in [-0.05, 0) is 35.5 Å². The van der Waals surface area contributed by atoms with Gasteiger partial charge in [0.2, 0.25) is 0 Å². The number of imide groups is 1. The molecule has 26 heavy (non-hydrogen) atoms. The standard InChI is InChI=1S/C18H13Cl2NO4S/c1-25-14-8-12(19)6-11(16(14)22)7-15-17(23)21(18(24)26-15)9-10-4-2-3-5-13(10)20/h2-8,22H,9H2,1H3/b15-7-. The third-order valence-electron chi connectivity index (χ3n) is 3.74. The molecule has 1 N–H and O–H groups in total. The van der Waals surface area contributed by atoms with Gasteiger partial charge in [-0.3, -0.25) is 14.5 Å². The number of carbonyl (C=O) groups is 2. The number of aromatic hydroxyl groups is 1. The minimum absolute atomic E-state index is 0.0759. The van der Waals surface area contributed by atoms with E-state index in [0.29, 0.717) is 15.6 Å². The summed E-state index contributed by atoms with van der Waals surface area (Å²) in [5.41, 5.74) is 0.961. The first kappa shape index (κ1) is 18.6. The fraction of sp³-hybridized carbons (Fsp3) is 0.111. The Morgan fingerprint density at radius 3 is 2.65 bits per heavy atom. The van der Waals surface area contributed by atoms with Crippen LogP contribution in [-0.2, 0) is 11.3 Å². The van der Waals surface area contributed by atoms with Crippen LogP contribution >= 0.6 is 35.0 Å². The van der Waals surface area contributed by atoms with Crippen molar-refractivity contribution in [2.24, 2.45) is 0 Å². The Morgan fingerprint density at radius 2 is 1.96 bits per heavy atom. The molecule has 2 aromatic rings. The molecule has 0 unspecified atom stereocenters. The number of benzene rings is 2. The Hall–Kier alpha value is -2.15. The largest absolute Gasteiger partial charge is 0.504 e. The van der Waals surface area contributed by atoms with E-state index >= 15 is 0 Å². The molecule has 2 aromatic carbocycles. The van der Waals surface area contributed by atoms with Crippen LogP contribution in [0.1, 0.15) is 11.1 Å². The van der Waals surface area contributed by atoms with Gasteiger partial charge in [-0.1, -0.05) is 41.4 Å². The minimum Gasteiger partial charge on any atom is -0.504 e. The maximum absolute atomic E-state index is 12.6. The van der Waals surface area contributed by atoms with Crippen LogP contribution in [-0.4, -0.2) is 28.3 Å². The van der Waals surface area contributed by atoms with Crippen molar-refractivity contribution in [1.29, 1.82) is 0 Å². The molecular formula is C18H13Cl2NO4S. The Kier molecular flexibility index (Phi) is 5.46. The van der Waals surface area contributed by atoms with Crippen molar-refractivity contribution in [3.8, 4) is 11.5 Å². The lowest BCUT2D eigenvalue weighted by atomic mass is 10.1. The maximum Gasteiger partial charge on any atom is 0.293 e. The summed E-state index contributed by atoms with van der Waals surface area (Å²) >= 11 is 12.9. The summed E-state index contributed by atoms with van der Waals surface area (Å²) in [6.07, 6.45) is 1.42. The van der Waals surface area contributed by atoms with Gasteiger partial charge >= 0.3 is 0 Å². The van der Waals surface area contributed by atoms with E-state index < -0.39 is 11.1 Å². The first-order chi connectivity index (χ1) is 12.4. The maximum atomic E-state index is 12.6. The molecule has 1 aliphatic rings. The second-order valence-corrected chi connectivity index (χ2v) is 7.24. The Morgan fingerprint density at radius 1 is 1.23 bits per heavy atom. The van der Waals surface area contributed by atoms with Crippen molar-refractivity contribution in [3.63, 3.8) is 0 Å². The number of nitrogens with zero attached hydrogens (tertiary/aromatic N) is 1. The SMILES string of the molecule is COc1cc(Cl)cc(/C=C2\SC(=O)N(Cc3ccccc3Cl)C2=O)c1O. The third kappa shape index (κ3) is 3.67. The number of phenols is 1. The molecule has 0 saturated carbocycles. The highest BCUT2D eigenvalue weighted by atomic mass is 35.5. The van der Waals surface area contributed by atoms with Gasteiger partial charge in [0.05, 0.1) is 18.6 Å². The highest BCUT2D eigenvalue weighted by Gasteiger charge is 2.35. The molecule has 3 rings (SSSR count). The number of carbonyl (C=O) groups excluding carboxylic acids is 2. The van der Waals surface area contributed by atoms with Gasteiger partial charge in [-0.25, -0.2) is 0 Å². The van der Waals surface area contributed by atoms with Crippen LogP contribution in [0.25, 0.3) is 6.08 Å². The normalized spacial score (nSPS) is 15.8. The summed E-state index contributed by atoms with van der Waals surface area (Å²) < 4.78 is 5.04. The van der Waals surface area contributed by atoms with E-state index in [9.17, 15) is 14.7 Å². The minimum atomic E-state index is -0.460. The number of rotatable bonds is 4. The molecule has 0 bridgehead atoms. The van der Waals surface area contributed by atoms with Crippen molar-refractivity contribution in [3.05, 3.63) is 62.5 Å². The van der Waals surface area contributed by atoms with Crippen molar-refractivity contribution >= 4 is 52.2 Å². The van der Waals surface area contributed by atoms with E-state index in [2.05, 4.69) is 0 Å². The lowest BCUT2D eigenvalue weighted by Crippen LogP contribution is -2.27. The molecule has 8 heteroatoms. The van der Waals surface area contributed by atoms with Crippen molar-refractivity contribution in [1.82, 2.24) is 4.90 Å². The van der Waals surface area contributed by atoms with Gasteiger partial charge in [0.1, 0.15) is 0 Å². The number of thioether (sulfide) groups is 1. The first-order valence-corrected chi connectivity index (χ1v) is 9.03. The topological polar surface area (TPSA) is 66.8 Å². The second-order valence-electron chi connectivity index (χ2n) is 5.41. The highest BCUT2D eigenvalue weighted by molar-refractivity contribution is 8.18. The van der Waals surface area contributed by atoms with Gasteiger partial charge in [0.25, 0.3) is 11.1 Å². The molecular weight excluding hydrogens is 397 g/mol. The average molecular weight is 410 g/mol. The van der Waals surface area contributed by atoms with Crippen LogP contribution in [0.5, 0.6) is 11.5 Å². The van der Waals surface area contributed by atoms with E-state index in [-0.39, 0.29) is 28.5 Å². The number of hydrogen-bond acceptors (Lipinski definition) is 5. The number of amides is 2. The summed E-state index contributed by atoms with van der Waals surface area (Å²) in [7, 11) is 1.40. The monoisotopic (exact) mass is 409 g/mol. The quantitative estimate of drug-likeness (QED) is 0.723. The number of halogens is 2. The molecule has 1 saturated heterocycles. The molecule has 2 amide bonds. The number of ether oxygens (including phenoxy) is 1. The van der Waals surface area contributed by atoms with Gasteiger partial charge in [0.15, 0.2) is 11.5 Å². The van der Waals surface area contributed by atoms with Crippen molar-refractivity contribution in [2.45, 2.75) is 6.54 Å². The summed E-state index contributed by atoms with van der Waals surface area (Å²) in [4.78, 5) is 26.2. The summed E-state index contributed by atoms with van der Waals surface area (Å²) in [5.74, 6) is -0.438. The molecule has 0 spiro atoms. The third-order valence-corrected chi connectivity index (χ3v) is 5.23. The Labute approximate surface area is 164 Å². The van der Waals surface area contributed by atoms with E-state index in [1.54, 1.807) is 24.3 Å². The molecule has 5 nitrogen and oxygen atoms in total. The molecule has 1 heterocycles. The molecule has 0 radical (unpaired) electrons. The zero-order chi connectivity index (χ0) is 18.8. The zero-order valence-electron chi connectivity index (χ0n) is 13.5. The molecule has 134 valence electrons. The number of hydrogen-bond donors (Lipinski definition) is 1. The van der Waals surface area contributed by atoms with E-state index in [4.69, 9.17) is 27.9 Å². The van der Waals surface area contributed by atoms with Gasteiger partial charge in [-0.2, -0.15) is 0 Å². The van der Waals surface area contributed by atoms with Crippen LogP contribution in [0.3, 0.4) is 0 Å². The summed E-state index contributed by atoms with van der Waals surface area (Å²) in [6.45, 7) is 0.0759. The van der Waals surface area contributed by atoms with E-state index in [0.717, 1.165) is 16.7 Å². The van der Waals surface area contributed by atoms with Gasteiger partial charge in [-0.15, -0.1) is 0 Å². The summed E-state index contributed by atoms with van der Waals surface area (Å²) in [5, 5.41) is 10.6. The lowest BCUT2D eigenvalue weighted by Gasteiger charge is -2.13. The lowest BCUT2D eigenvalue weighted by molar-refractivity contribution is -0.123. The average Bonchev–Trinajstić information content (AvgIpc) is 2.87. The number of phenolic OH excluding ortho intramolecular Hbond substituents is 1. The van der Waals surface area contributed by atoms with Crippen LogP contribution < -0.4 is 4.74 Å². The predicted octanol–water partition coefficient (Wildman–Crippen LogP) is 4.94. The van der Waals surface area contributed by atoms with Gasteiger partial charge in [0, 0.05) is 21.7 Å². The molecule has 0 aromatic heterocycles. The zero-order valence-corrected chi connectivity index (χ0v) is 15.9. The second kappa shape index (κ2) is 7.61. The van der Waals surface area contributed by atoms with E-state index in [1.807, 2.05) is 0 Å². The smallest absolute Gasteiger partial charge is 0.293 e. The summed E-state index contributed by atoms with van der Waals surface area (Å²) in [6, 6.07) is 9.95. The van der Waals surface area contributed by atoms with Crippen molar-refractivity contribution in [2.75, 3.05) is 7.11 Å². The molecule has 1 fully saturated rings.